The second-order valence-electron chi connectivity index (χ2n) is 30.9. The number of hydrogen-bond acceptors (Lipinski definition) is 4. The first-order valence-corrected chi connectivity index (χ1v) is 43.1. The smallest absolute Gasteiger partial charge is 0.399 e. The number of rotatable bonds is 10. The highest BCUT2D eigenvalue weighted by atomic mass is 79.9. The Morgan fingerprint density at radius 1 is 0.272 bits per heavy atom. The number of aromatic nitrogens is 2. The first-order valence-electron chi connectivity index (χ1n) is 38.9. The van der Waals surface area contributed by atoms with Crippen LogP contribution in [0.4, 0.5) is 0 Å². The minimum absolute atomic E-state index is 0.390. The predicted octanol–water partition coefficient (Wildman–Crippen LogP) is 24.8. The molecule has 0 spiro atoms. The highest BCUT2D eigenvalue weighted by molar-refractivity contribution is 9.10. The number of hydrogen-bond donors (Lipinski definition) is 0. The van der Waals surface area contributed by atoms with Gasteiger partial charge in [-0.1, -0.05) is 307 Å². The molecule has 0 atom stereocenters. The van der Waals surface area contributed by atoms with Crippen LogP contribution >= 0.6 is 30.2 Å². The van der Waals surface area contributed by atoms with E-state index in [9.17, 15) is 4.57 Å². The van der Waals surface area contributed by atoms with E-state index in [-0.39, 0.29) is 0 Å². The summed E-state index contributed by atoms with van der Waals surface area (Å²) < 4.78 is 48.0. The maximum Gasteiger partial charge on any atom is 0.494 e. The quantitative estimate of drug-likeness (QED) is 0.0778. The van der Waals surface area contributed by atoms with Crippen molar-refractivity contribution in [1.29, 1.82) is 0 Å². The first-order chi connectivity index (χ1) is 55.5. The van der Waals surface area contributed by atoms with E-state index in [2.05, 4.69) is 296 Å². The van der Waals surface area contributed by atoms with Gasteiger partial charge in [0.2, 0.25) is 0 Å². The third kappa shape index (κ3) is 12.3. The summed E-state index contributed by atoms with van der Waals surface area (Å²) in [6.45, 7) is 12.6. The number of nitrogens with zero attached hydrogens (tertiary/aromatic N) is 2. The Morgan fingerprint density at radius 2 is 0.579 bits per heavy atom. The fourth-order valence-corrected chi connectivity index (χ4v) is 23.0. The molecule has 0 amide bonds. The molecule has 1 fully saturated rings. The van der Waals surface area contributed by atoms with Gasteiger partial charge in [-0.25, -0.2) is 0 Å². The van der Waals surface area contributed by atoms with Crippen molar-refractivity contribution < 1.29 is 18.4 Å². The lowest BCUT2D eigenvalue weighted by Gasteiger charge is -2.32. The molecule has 0 radical (unpaired) electrons. The van der Waals surface area contributed by atoms with Crippen molar-refractivity contribution in [3.05, 3.63) is 392 Å². The van der Waals surface area contributed by atoms with Crippen molar-refractivity contribution in [2.75, 3.05) is 0 Å². The Balaban J connectivity index is 0.000000124. The molecule has 18 aromatic carbocycles. The SMILES string of the molecule is CC1(C)OB(c2ccc3c4cc5c6ccccc6c6ccccc6c5cc4n(-c4ccccc4)c3c2)OC1(C)C.Cc1cc(P(=O)(c2ccccc2)c2ccccc2)ccc1-c1ccc2c3cc4c5ccccc5c5ccccc5c4cc3n(-c3ccccc3)c2c1.Cc1cc(P(=O)(c2ccccc2)c2ccccc2)ccc1Br. The van der Waals surface area contributed by atoms with Gasteiger partial charge in [0.15, 0.2) is 14.3 Å². The molecule has 2 aromatic heterocycles. The Labute approximate surface area is 672 Å². The van der Waals surface area contributed by atoms with Gasteiger partial charge in [-0.15, -0.1) is 0 Å². The average molecular weight is 1570 g/mol. The maximum atomic E-state index is 15.2. The highest BCUT2D eigenvalue weighted by Crippen LogP contribution is 2.48. The minimum Gasteiger partial charge on any atom is -0.399 e. The summed E-state index contributed by atoms with van der Waals surface area (Å²) in [5, 5.41) is 25.4. The van der Waals surface area contributed by atoms with Gasteiger partial charge in [0.25, 0.3) is 0 Å². The van der Waals surface area contributed by atoms with Crippen LogP contribution in [-0.4, -0.2) is 27.5 Å². The summed E-state index contributed by atoms with van der Waals surface area (Å²) in [7, 11) is -6.34. The van der Waals surface area contributed by atoms with E-state index in [4.69, 9.17) is 9.31 Å². The van der Waals surface area contributed by atoms with Crippen molar-refractivity contribution >= 4 is 183 Å². The van der Waals surface area contributed by atoms with E-state index >= 15 is 4.57 Å². The van der Waals surface area contributed by atoms with Gasteiger partial charge in [0.1, 0.15) is 0 Å². The molecule has 1 aliphatic rings. The Morgan fingerprint density at radius 3 is 0.947 bits per heavy atom. The Bertz CT molecular complexity index is 7170. The Hall–Kier alpha value is -12.0. The number of aryl methyl sites for hydroxylation is 2. The first kappa shape index (κ1) is 72.3. The maximum absolute atomic E-state index is 15.2. The van der Waals surface area contributed by atoms with E-state index in [0.29, 0.717) is 0 Å². The van der Waals surface area contributed by atoms with Crippen LogP contribution in [-0.2, 0) is 18.4 Å². The molecular weight excluding hydrogens is 1490 g/mol. The molecule has 1 saturated heterocycles. The monoisotopic (exact) mass is 1570 g/mol. The average Bonchev–Trinajstić information content (AvgIpc) is 1.51. The van der Waals surface area contributed by atoms with Crippen LogP contribution in [0.25, 0.3) is 131 Å². The normalized spacial score (nSPS) is 13.5. The molecule has 20 aromatic rings. The molecule has 114 heavy (non-hydrogen) atoms. The van der Waals surface area contributed by atoms with Crippen LogP contribution in [0.2, 0.25) is 0 Å². The number of fused-ring (bicyclic) bond motifs is 18. The molecule has 10 heteroatoms. The van der Waals surface area contributed by atoms with E-state index in [0.717, 1.165) is 86.4 Å². The summed E-state index contributed by atoms with van der Waals surface area (Å²) in [5.74, 6) is 0. The lowest BCUT2D eigenvalue weighted by atomic mass is 9.78. The van der Waals surface area contributed by atoms with E-state index in [1.165, 1.54) is 97.2 Å². The molecule has 1 aliphatic heterocycles. The van der Waals surface area contributed by atoms with Crippen LogP contribution in [0.3, 0.4) is 0 Å². The predicted molar refractivity (Wildman–Crippen MR) is 490 cm³/mol. The third-order valence-electron chi connectivity index (χ3n) is 23.7. The summed E-state index contributed by atoms with van der Waals surface area (Å²) in [6.07, 6.45) is 0. The zero-order chi connectivity index (χ0) is 77.6. The van der Waals surface area contributed by atoms with Crippen LogP contribution in [0.1, 0.15) is 38.8 Å². The Kier molecular flexibility index (Phi) is 18.3. The van der Waals surface area contributed by atoms with Gasteiger partial charge < -0.3 is 27.6 Å². The molecule has 550 valence electrons. The lowest BCUT2D eigenvalue weighted by Crippen LogP contribution is -2.41. The van der Waals surface area contributed by atoms with Gasteiger partial charge in [-0.05, 0) is 219 Å². The zero-order valence-electron chi connectivity index (χ0n) is 64.2. The summed E-state index contributed by atoms with van der Waals surface area (Å²) >= 11 is 3.52. The van der Waals surface area contributed by atoms with Crippen molar-refractivity contribution in [3.8, 4) is 22.5 Å². The van der Waals surface area contributed by atoms with E-state index in [1.54, 1.807) is 0 Å². The fraction of sp³-hybridized carbons (Fsp3) is 0.0769. The van der Waals surface area contributed by atoms with Crippen LogP contribution in [0.5, 0.6) is 0 Å². The van der Waals surface area contributed by atoms with Crippen LogP contribution in [0, 0.1) is 13.8 Å². The summed E-state index contributed by atoms with van der Waals surface area (Å²) in [4.78, 5) is 0. The number of para-hydroxylation sites is 2. The third-order valence-corrected chi connectivity index (χ3v) is 30.7. The van der Waals surface area contributed by atoms with Crippen molar-refractivity contribution in [1.82, 2.24) is 9.13 Å². The molecule has 6 nitrogen and oxygen atoms in total. The zero-order valence-corrected chi connectivity index (χ0v) is 67.5. The standard InChI is InChI=1S/C49H34NOP.C36H30BNO2.C19H16BrOP/c1-33-29-38(52(51,36-17-7-3-8-18-36)37-19-9-4-10-20-37)26-28-39(33)34-25-27-44-47-31-45-42-23-13-11-21-40(42)41-22-12-14-24-43(41)46(45)32-49(47)50(48(44)30-34)35-15-5-2-6-16-35;1-35(2)36(3,4)40-37(39-35)23-18-19-29-32-21-30-27-16-10-8-14-25(27)26-15-9-11-17-28(26)31(30)22-34(32)38(33(29)20-23)24-12-6-5-7-13-24;1-15-14-18(12-13-19(15)20)22(21,16-8-4-2-5-9-16)17-10-6-3-7-11-17/h2-32H,1H3;5-22H,1-4H3;2-14H,1H3. The molecule has 0 bridgehead atoms. The largest absolute Gasteiger partial charge is 0.494 e. The number of benzene rings is 18. The summed E-state index contributed by atoms with van der Waals surface area (Å²) in [5.41, 5.74) is 11.6. The fourth-order valence-electron chi connectivity index (χ4n) is 17.3. The van der Waals surface area contributed by atoms with Crippen molar-refractivity contribution in [2.45, 2.75) is 52.7 Å². The molecule has 0 saturated carbocycles. The van der Waals surface area contributed by atoms with Gasteiger partial charge >= 0.3 is 7.12 Å². The van der Waals surface area contributed by atoms with Crippen molar-refractivity contribution in [2.24, 2.45) is 0 Å². The highest BCUT2D eigenvalue weighted by Gasteiger charge is 2.52. The lowest BCUT2D eigenvalue weighted by molar-refractivity contribution is 0.00578. The second kappa shape index (κ2) is 28.9. The molecule has 21 rings (SSSR count). The van der Waals surface area contributed by atoms with Gasteiger partial charge in [0, 0.05) is 69.2 Å². The molecule has 0 N–H and O–H groups in total. The molecular formula is C104H80BBrN2O4P2. The molecule has 3 heterocycles. The van der Waals surface area contributed by atoms with Crippen LogP contribution < -0.4 is 37.3 Å². The van der Waals surface area contributed by atoms with Gasteiger partial charge in [0.05, 0.1) is 33.3 Å². The topological polar surface area (TPSA) is 62.5 Å². The number of halogens is 1. The minimum atomic E-state index is -3.08. The van der Waals surface area contributed by atoms with Crippen LogP contribution in [0.15, 0.2) is 381 Å². The molecule has 0 aliphatic carbocycles. The van der Waals surface area contributed by atoms with Gasteiger partial charge in [-0.3, -0.25) is 0 Å². The summed E-state index contributed by atoms with van der Waals surface area (Å²) in [6, 6.07) is 131. The second-order valence-corrected chi connectivity index (χ2v) is 37.3. The molecule has 0 unspecified atom stereocenters. The van der Waals surface area contributed by atoms with Gasteiger partial charge in [-0.2, -0.15) is 0 Å². The van der Waals surface area contributed by atoms with Crippen molar-refractivity contribution in [3.63, 3.8) is 0 Å². The van der Waals surface area contributed by atoms with E-state index in [1.807, 2.05) is 146 Å². The van der Waals surface area contributed by atoms with E-state index < -0.39 is 32.6 Å².